The fourth-order valence-corrected chi connectivity index (χ4v) is 6.77. The van der Waals surface area contributed by atoms with E-state index in [1.165, 1.54) is 42.4 Å². The number of fused-ring (bicyclic) bond motifs is 6. The number of hydrogen-bond acceptors (Lipinski definition) is 3. The average molecular weight is 518 g/mol. The topological polar surface area (TPSA) is 25.2 Å². The van der Waals surface area contributed by atoms with Crippen LogP contribution in [0.5, 0.6) is 0 Å². The van der Waals surface area contributed by atoms with E-state index in [4.69, 9.17) is 4.42 Å². The van der Waals surface area contributed by atoms with Crippen molar-refractivity contribution in [3.63, 3.8) is 0 Å². The van der Waals surface area contributed by atoms with E-state index in [-0.39, 0.29) is 0 Å². The summed E-state index contributed by atoms with van der Waals surface area (Å²) in [5.41, 5.74) is 8.77. The van der Waals surface area contributed by atoms with E-state index in [2.05, 4.69) is 127 Å². The highest BCUT2D eigenvalue weighted by Crippen LogP contribution is 2.42. The Kier molecular flexibility index (Phi) is 5.04. The Morgan fingerprint density at radius 1 is 0.487 bits per heavy atom. The van der Waals surface area contributed by atoms with Crippen LogP contribution in [0.25, 0.3) is 64.4 Å². The summed E-state index contributed by atoms with van der Waals surface area (Å²) in [7, 11) is 0. The van der Waals surface area contributed by atoms with Gasteiger partial charge in [-0.25, -0.2) is 0 Å². The van der Waals surface area contributed by atoms with Gasteiger partial charge in [-0.2, -0.15) is 0 Å². The summed E-state index contributed by atoms with van der Waals surface area (Å²) < 4.78 is 8.86. The van der Waals surface area contributed by atoms with E-state index >= 15 is 0 Å². The van der Waals surface area contributed by atoms with Crippen LogP contribution >= 0.6 is 11.3 Å². The molecule has 2 aromatic heterocycles. The number of furan rings is 1. The Bertz CT molecular complexity index is 2140. The maximum Gasteiger partial charge on any atom is 0.137 e. The molecule has 0 saturated heterocycles. The molecule has 39 heavy (non-hydrogen) atoms. The highest BCUT2D eigenvalue weighted by molar-refractivity contribution is 7.26. The fraction of sp³-hybridized carbons (Fsp3) is 0. The van der Waals surface area contributed by atoms with Gasteiger partial charge < -0.3 is 9.73 Å². The Balaban J connectivity index is 1.28. The zero-order valence-electron chi connectivity index (χ0n) is 21.0. The lowest BCUT2D eigenvalue weighted by Gasteiger charge is -2.09. The quantitative estimate of drug-likeness (QED) is 0.251. The highest BCUT2D eigenvalue weighted by Gasteiger charge is 2.15. The van der Waals surface area contributed by atoms with E-state index in [1.54, 1.807) is 0 Å². The Hall–Kier alpha value is -4.86. The molecule has 3 heteroatoms. The zero-order valence-corrected chi connectivity index (χ0v) is 21.8. The maximum absolute atomic E-state index is 6.26. The van der Waals surface area contributed by atoms with Gasteiger partial charge in [0, 0.05) is 31.2 Å². The van der Waals surface area contributed by atoms with Gasteiger partial charge >= 0.3 is 0 Å². The second kappa shape index (κ2) is 8.87. The molecule has 0 aliphatic carbocycles. The maximum atomic E-state index is 6.26. The van der Waals surface area contributed by atoms with E-state index in [1.807, 2.05) is 23.5 Å². The fourth-order valence-electron chi connectivity index (χ4n) is 5.66. The molecule has 0 spiro atoms. The number of anilines is 2. The van der Waals surface area contributed by atoms with Gasteiger partial charge in [0.15, 0.2) is 0 Å². The number of rotatable bonds is 4. The minimum Gasteiger partial charge on any atom is -0.456 e. The van der Waals surface area contributed by atoms with Crippen LogP contribution in [0.4, 0.5) is 11.4 Å². The van der Waals surface area contributed by atoms with Gasteiger partial charge in [0.25, 0.3) is 0 Å². The molecule has 0 saturated carbocycles. The summed E-state index contributed by atoms with van der Waals surface area (Å²) in [6.45, 7) is 0. The van der Waals surface area contributed by atoms with E-state index < -0.39 is 0 Å². The smallest absolute Gasteiger partial charge is 0.137 e. The molecular formula is C36H23NOS. The highest BCUT2D eigenvalue weighted by atomic mass is 32.1. The summed E-state index contributed by atoms with van der Waals surface area (Å²) in [4.78, 5) is 0. The van der Waals surface area contributed by atoms with Crippen LogP contribution in [0.3, 0.4) is 0 Å². The van der Waals surface area contributed by atoms with Crippen LogP contribution in [0, 0.1) is 0 Å². The van der Waals surface area contributed by atoms with Crippen LogP contribution in [-0.4, -0.2) is 0 Å². The Labute approximate surface area is 229 Å². The molecule has 0 atom stereocenters. The Morgan fingerprint density at radius 3 is 2.13 bits per heavy atom. The van der Waals surface area contributed by atoms with Gasteiger partial charge in [0.2, 0.25) is 0 Å². The minimum atomic E-state index is 0.883. The summed E-state index contributed by atoms with van der Waals surface area (Å²) in [6, 6.07) is 47.2. The van der Waals surface area contributed by atoms with Crippen LogP contribution < -0.4 is 5.32 Å². The molecule has 1 N–H and O–H groups in total. The SMILES string of the molecule is c1ccc(-c2ccc3oc4cccc(Nc5ccc6sc7cccc(-c8ccccc8)c7c6c5)c4c3c2)cc1. The van der Waals surface area contributed by atoms with Crippen molar-refractivity contribution in [1.82, 2.24) is 0 Å². The molecule has 0 aliphatic heterocycles. The lowest BCUT2D eigenvalue weighted by atomic mass is 9.99. The molecule has 6 aromatic carbocycles. The number of thiophene rings is 1. The lowest BCUT2D eigenvalue weighted by molar-refractivity contribution is 0.669. The first-order valence-electron chi connectivity index (χ1n) is 13.1. The standard InChI is InChI=1S/C36H23NOS/c1-3-9-23(10-4-1)25-17-19-31-28(21-25)36-30(14-8-15-32(36)38-31)37-26-18-20-33-29(22-26)35-27(13-7-16-34(35)39-33)24-11-5-2-6-12-24/h1-22,37H. The minimum absolute atomic E-state index is 0.883. The van der Waals surface area contributed by atoms with E-state index in [0.717, 1.165) is 33.3 Å². The predicted molar refractivity (Wildman–Crippen MR) is 167 cm³/mol. The van der Waals surface area contributed by atoms with Crippen LogP contribution in [0.15, 0.2) is 138 Å². The van der Waals surface area contributed by atoms with Gasteiger partial charge in [0.05, 0.1) is 11.1 Å². The molecule has 8 rings (SSSR count). The van der Waals surface area contributed by atoms with Crippen molar-refractivity contribution in [2.75, 3.05) is 5.32 Å². The second-order valence-electron chi connectivity index (χ2n) is 9.84. The summed E-state index contributed by atoms with van der Waals surface area (Å²) in [5.74, 6) is 0. The van der Waals surface area contributed by atoms with E-state index in [0.29, 0.717) is 0 Å². The van der Waals surface area contributed by atoms with Crippen molar-refractivity contribution in [1.29, 1.82) is 0 Å². The normalized spacial score (nSPS) is 11.6. The van der Waals surface area contributed by atoms with Gasteiger partial charge in [-0.1, -0.05) is 84.9 Å². The van der Waals surface area contributed by atoms with Crippen molar-refractivity contribution < 1.29 is 4.42 Å². The van der Waals surface area contributed by atoms with Gasteiger partial charge in [-0.3, -0.25) is 0 Å². The monoisotopic (exact) mass is 517 g/mol. The van der Waals surface area contributed by atoms with Crippen LogP contribution in [0.2, 0.25) is 0 Å². The molecule has 0 radical (unpaired) electrons. The molecule has 0 aliphatic rings. The summed E-state index contributed by atoms with van der Waals surface area (Å²) in [6.07, 6.45) is 0. The molecule has 0 fully saturated rings. The lowest BCUT2D eigenvalue weighted by Crippen LogP contribution is -1.90. The molecule has 184 valence electrons. The second-order valence-corrected chi connectivity index (χ2v) is 10.9. The summed E-state index contributed by atoms with van der Waals surface area (Å²) in [5, 5.41) is 8.54. The Morgan fingerprint density at radius 2 is 1.28 bits per heavy atom. The first-order chi connectivity index (χ1) is 19.3. The average Bonchev–Trinajstić information content (AvgIpc) is 3.56. The van der Waals surface area contributed by atoms with Crippen molar-refractivity contribution in [2.24, 2.45) is 0 Å². The zero-order chi connectivity index (χ0) is 25.8. The first-order valence-corrected chi connectivity index (χ1v) is 13.9. The molecule has 8 aromatic rings. The van der Waals surface area contributed by atoms with E-state index in [9.17, 15) is 0 Å². The molecule has 2 heterocycles. The summed E-state index contributed by atoms with van der Waals surface area (Å²) >= 11 is 1.85. The van der Waals surface area contributed by atoms with Gasteiger partial charge in [-0.15, -0.1) is 11.3 Å². The van der Waals surface area contributed by atoms with Crippen molar-refractivity contribution in [3.05, 3.63) is 133 Å². The molecule has 0 bridgehead atoms. The first kappa shape index (κ1) is 22.2. The van der Waals surface area contributed by atoms with Crippen molar-refractivity contribution in [3.8, 4) is 22.3 Å². The van der Waals surface area contributed by atoms with Crippen molar-refractivity contribution in [2.45, 2.75) is 0 Å². The molecule has 0 unspecified atom stereocenters. The largest absolute Gasteiger partial charge is 0.456 e. The third kappa shape index (κ3) is 3.70. The molecule has 0 amide bonds. The molecule has 2 nitrogen and oxygen atoms in total. The number of nitrogens with one attached hydrogen (secondary N) is 1. The number of benzene rings is 6. The van der Waals surface area contributed by atoms with Crippen LogP contribution in [-0.2, 0) is 0 Å². The van der Waals surface area contributed by atoms with Crippen molar-refractivity contribution >= 4 is 64.8 Å². The number of hydrogen-bond donors (Lipinski definition) is 1. The third-order valence-corrected chi connectivity index (χ3v) is 8.60. The van der Waals surface area contributed by atoms with Gasteiger partial charge in [-0.05, 0) is 70.8 Å². The molecular weight excluding hydrogens is 494 g/mol. The predicted octanol–water partition coefficient (Wildman–Crippen LogP) is 11.0. The van der Waals surface area contributed by atoms with Gasteiger partial charge in [0.1, 0.15) is 11.2 Å². The third-order valence-electron chi connectivity index (χ3n) is 7.46. The van der Waals surface area contributed by atoms with Crippen LogP contribution in [0.1, 0.15) is 0 Å².